The predicted molar refractivity (Wildman–Crippen MR) is 86.8 cm³/mol. The van der Waals surface area contributed by atoms with Crippen molar-refractivity contribution in [2.45, 2.75) is 32.1 Å². The first-order valence-electron chi connectivity index (χ1n) is 7.44. The van der Waals surface area contributed by atoms with Crippen molar-refractivity contribution >= 4 is 27.5 Å². The van der Waals surface area contributed by atoms with E-state index < -0.39 is 5.92 Å². The second-order valence-corrected chi connectivity index (χ2v) is 6.75. The fraction of sp³-hybridized carbons (Fsp3) is 0.444. The molecule has 1 aromatic rings. The summed E-state index contributed by atoms with van der Waals surface area (Å²) in [5.41, 5.74) is 1.46. The molecule has 2 saturated carbocycles. The van der Waals surface area contributed by atoms with Crippen molar-refractivity contribution < 1.29 is 14.3 Å². The first kappa shape index (κ1) is 15.3. The van der Waals surface area contributed by atoms with Crippen molar-refractivity contribution in [3.05, 3.63) is 27.7 Å². The first-order chi connectivity index (χ1) is 10.6. The molecule has 114 valence electrons. The molecular formula is C18H17BrO3. The third-order valence-corrected chi connectivity index (χ3v) is 5.33. The highest BCUT2D eigenvalue weighted by Gasteiger charge is 2.48. The summed E-state index contributed by atoms with van der Waals surface area (Å²) in [5.74, 6) is 5.83. The van der Waals surface area contributed by atoms with Gasteiger partial charge in [-0.25, -0.2) is 0 Å². The molecule has 0 radical (unpaired) electrons. The Bertz CT molecular complexity index is 689. The lowest BCUT2D eigenvalue weighted by Crippen LogP contribution is -2.35. The summed E-state index contributed by atoms with van der Waals surface area (Å²) in [4.78, 5) is 25.4. The normalized spacial score (nSPS) is 26.6. The Labute approximate surface area is 138 Å². The number of ketones is 2. The Morgan fingerprint density at radius 2 is 1.82 bits per heavy atom. The Morgan fingerprint density at radius 3 is 2.36 bits per heavy atom. The average Bonchev–Trinajstić information content (AvgIpc) is 2.94. The average molecular weight is 361 g/mol. The topological polar surface area (TPSA) is 43.4 Å². The minimum atomic E-state index is -0.695. The van der Waals surface area contributed by atoms with E-state index in [1.807, 2.05) is 6.07 Å². The molecule has 0 spiro atoms. The number of Topliss-reactive ketones (excluding diaryl/α,β-unsaturated/α-hetero) is 2. The number of ether oxygens (including phenoxy) is 1. The number of rotatable bonds is 2. The molecule has 3 rings (SSSR count). The Kier molecular flexibility index (Phi) is 4.10. The molecule has 0 amide bonds. The Balaban J connectivity index is 2.12. The molecule has 0 heterocycles. The van der Waals surface area contributed by atoms with Crippen LogP contribution in [0.2, 0.25) is 0 Å². The molecule has 2 aliphatic carbocycles. The number of benzene rings is 1. The van der Waals surface area contributed by atoms with Gasteiger partial charge in [-0.2, -0.15) is 0 Å². The molecule has 22 heavy (non-hydrogen) atoms. The number of hydrogen-bond donors (Lipinski definition) is 0. The minimum absolute atomic E-state index is 0.0272. The van der Waals surface area contributed by atoms with E-state index in [2.05, 4.69) is 27.8 Å². The van der Waals surface area contributed by atoms with E-state index in [0.717, 1.165) is 29.3 Å². The van der Waals surface area contributed by atoms with Gasteiger partial charge >= 0.3 is 0 Å². The monoisotopic (exact) mass is 360 g/mol. The van der Waals surface area contributed by atoms with Crippen molar-refractivity contribution in [3.63, 3.8) is 0 Å². The lowest BCUT2D eigenvalue weighted by atomic mass is 9.75. The first-order valence-corrected chi connectivity index (χ1v) is 8.23. The van der Waals surface area contributed by atoms with Crippen LogP contribution in [0.3, 0.4) is 0 Å². The third-order valence-electron chi connectivity index (χ3n) is 4.68. The van der Waals surface area contributed by atoms with Crippen LogP contribution in [-0.2, 0) is 9.59 Å². The van der Waals surface area contributed by atoms with Gasteiger partial charge in [0.05, 0.1) is 7.11 Å². The van der Waals surface area contributed by atoms with Crippen LogP contribution in [0, 0.1) is 23.7 Å². The highest BCUT2D eigenvalue weighted by molar-refractivity contribution is 9.10. The number of carbonyl (C=O) groups excluding carboxylic acids is 2. The Morgan fingerprint density at radius 1 is 1.18 bits per heavy atom. The minimum Gasteiger partial charge on any atom is -0.496 e. The van der Waals surface area contributed by atoms with Crippen LogP contribution in [0.15, 0.2) is 16.6 Å². The molecule has 2 bridgehead atoms. The predicted octanol–water partition coefficient (Wildman–Crippen LogP) is 3.48. The summed E-state index contributed by atoms with van der Waals surface area (Å²) in [7, 11) is 1.56. The highest BCUT2D eigenvalue weighted by atomic mass is 79.9. The van der Waals surface area contributed by atoms with E-state index in [-0.39, 0.29) is 23.4 Å². The van der Waals surface area contributed by atoms with Gasteiger partial charge in [-0.05, 0) is 38.3 Å². The van der Waals surface area contributed by atoms with E-state index in [0.29, 0.717) is 11.3 Å². The molecular weight excluding hydrogens is 344 g/mol. The maximum absolute atomic E-state index is 12.7. The Hall–Kier alpha value is -1.60. The van der Waals surface area contributed by atoms with Crippen LogP contribution in [0.25, 0.3) is 0 Å². The maximum Gasteiger partial charge on any atom is 0.151 e. The fourth-order valence-corrected chi connectivity index (χ4v) is 4.32. The van der Waals surface area contributed by atoms with E-state index >= 15 is 0 Å². The van der Waals surface area contributed by atoms with Crippen LogP contribution in [0.5, 0.6) is 5.75 Å². The second kappa shape index (κ2) is 5.89. The quantitative estimate of drug-likeness (QED) is 0.598. The summed E-state index contributed by atoms with van der Waals surface area (Å²) in [6, 6.07) is 3.65. The van der Waals surface area contributed by atoms with Crippen molar-refractivity contribution in [2.24, 2.45) is 11.8 Å². The van der Waals surface area contributed by atoms with Gasteiger partial charge in [0.15, 0.2) is 11.6 Å². The van der Waals surface area contributed by atoms with Gasteiger partial charge in [0.1, 0.15) is 11.7 Å². The number of hydrogen-bond acceptors (Lipinski definition) is 3. The van der Waals surface area contributed by atoms with Crippen LogP contribution in [0.1, 0.15) is 43.2 Å². The third kappa shape index (κ3) is 2.38. The largest absolute Gasteiger partial charge is 0.496 e. The van der Waals surface area contributed by atoms with Crippen LogP contribution < -0.4 is 4.74 Å². The highest BCUT2D eigenvalue weighted by Crippen LogP contribution is 2.47. The molecule has 2 unspecified atom stereocenters. The van der Waals surface area contributed by atoms with Crippen molar-refractivity contribution in [1.29, 1.82) is 0 Å². The van der Waals surface area contributed by atoms with E-state index in [1.165, 1.54) is 0 Å². The zero-order valence-electron chi connectivity index (χ0n) is 12.6. The summed E-state index contributed by atoms with van der Waals surface area (Å²) in [5, 5.41) is 0. The second-order valence-electron chi connectivity index (χ2n) is 5.89. The summed E-state index contributed by atoms with van der Waals surface area (Å²) in [6.45, 7) is 1.76. The molecule has 2 fully saturated rings. The van der Waals surface area contributed by atoms with Crippen molar-refractivity contribution in [3.8, 4) is 17.6 Å². The van der Waals surface area contributed by atoms with Crippen LogP contribution in [0.4, 0.5) is 0 Å². The SMILES string of the molecule is CC#Cc1cc(Br)c(C2C(=O)C3CCC(C3)C2=O)c(OC)c1. The number of carbonyl (C=O) groups is 2. The molecule has 4 heteroatoms. The van der Waals surface area contributed by atoms with Gasteiger partial charge < -0.3 is 4.74 Å². The van der Waals surface area contributed by atoms with Gasteiger partial charge in [-0.15, -0.1) is 5.92 Å². The lowest BCUT2D eigenvalue weighted by molar-refractivity contribution is -0.136. The standard InChI is InChI=1S/C18H17BrO3/c1-3-4-10-7-13(19)15(14(8-10)22-2)16-17(20)11-5-6-12(9-11)18(16)21/h7-8,11-12,16H,5-6,9H2,1-2H3. The fourth-order valence-electron chi connectivity index (χ4n) is 3.65. The summed E-state index contributed by atoms with van der Waals surface area (Å²) >= 11 is 3.51. The summed E-state index contributed by atoms with van der Waals surface area (Å²) in [6.07, 6.45) is 2.41. The molecule has 1 aromatic carbocycles. The smallest absolute Gasteiger partial charge is 0.151 e. The van der Waals surface area contributed by atoms with Gasteiger partial charge in [0.2, 0.25) is 0 Å². The number of methoxy groups -OCH3 is 1. The molecule has 2 aliphatic rings. The van der Waals surface area contributed by atoms with Crippen molar-refractivity contribution in [1.82, 2.24) is 0 Å². The zero-order valence-corrected chi connectivity index (χ0v) is 14.2. The molecule has 3 nitrogen and oxygen atoms in total. The number of fused-ring (bicyclic) bond motifs is 2. The van der Waals surface area contributed by atoms with Crippen LogP contribution >= 0.6 is 15.9 Å². The molecule has 2 atom stereocenters. The van der Waals surface area contributed by atoms with Gasteiger partial charge in [0, 0.05) is 27.4 Å². The molecule has 0 N–H and O–H groups in total. The zero-order chi connectivity index (χ0) is 15.9. The van der Waals surface area contributed by atoms with Crippen LogP contribution in [-0.4, -0.2) is 18.7 Å². The molecule has 0 aliphatic heterocycles. The van der Waals surface area contributed by atoms with Crippen molar-refractivity contribution in [2.75, 3.05) is 7.11 Å². The van der Waals surface area contributed by atoms with Gasteiger partial charge in [-0.3, -0.25) is 9.59 Å². The lowest BCUT2D eigenvalue weighted by Gasteiger charge is -2.27. The molecule has 0 aromatic heterocycles. The molecule has 0 saturated heterocycles. The van der Waals surface area contributed by atoms with E-state index in [9.17, 15) is 9.59 Å². The van der Waals surface area contributed by atoms with E-state index in [4.69, 9.17) is 4.74 Å². The van der Waals surface area contributed by atoms with Gasteiger partial charge in [0.25, 0.3) is 0 Å². The van der Waals surface area contributed by atoms with E-state index in [1.54, 1.807) is 20.1 Å². The number of halogens is 1. The maximum atomic E-state index is 12.7. The summed E-state index contributed by atoms with van der Waals surface area (Å²) < 4.78 is 6.17. The van der Waals surface area contributed by atoms with Gasteiger partial charge in [-0.1, -0.05) is 21.9 Å².